The number of carbonyl (C=O) groups is 1. The Labute approximate surface area is 141 Å². The van der Waals surface area contributed by atoms with Gasteiger partial charge in [-0.25, -0.2) is 4.68 Å². The fourth-order valence-electron chi connectivity index (χ4n) is 3.25. The van der Waals surface area contributed by atoms with Gasteiger partial charge < -0.3 is 11.1 Å². The van der Waals surface area contributed by atoms with Gasteiger partial charge in [-0.05, 0) is 49.1 Å². The summed E-state index contributed by atoms with van der Waals surface area (Å²) in [5, 5.41) is 8.62. The van der Waals surface area contributed by atoms with E-state index < -0.39 is 5.91 Å². The summed E-state index contributed by atoms with van der Waals surface area (Å²) in [5.41, 5.74) is 8.56. The molecule has 1 aliphatic heterocycles. The van der Waals surface area contributed by atoms with Gasteiger partial charge in [0.05, 0.1) is 11.3 Å². The first-order valence-electron chi connectivity index (χ1n) is 8.75. The van der Waals surface area contributed by atoms with Crippen molar-refractivity contribution in [1.29, 1.82) is 0 Å². The number of rotatable bonds is 3. The number of amides is 1. The van der Waals surface area contributed by atoms with Gasteiger partial charge in [-0.3, -0.25) is 4.79 Å². The molecule has 2 atom stereocenters. The molecule has 1 fully saturated rings. The number of aromatic nitrogens is 2. The molecule has 24 heavy (non-hydrogen) atoms. The fourth-order valence-corrected chi connectivity index (χ4v) is 3.25. The molecule has 2 heterocycles. The van der Waals surface area contributed by atoms with Gasteiger partial charge in [0.15, 0.2) is 0 Å². The highest BCUT2D eigenvalue weighted by Crippen LogP contribution is 2.25. The van der Waals surface area contributed by atoms with E-state index in [1.54, 1.807) is 10.7 Å². The van der Waals surface area contributed by atoms with E-state index in [4.69, 9.17) is 7.10 Å². The molecule has 0 spiro atoms. The molecule has 1 unspecified atom stereocenters. The lowest BCUT2D eigenvalue weighted by molar-refractivity contribution is 0.100. The van der Waals surface area contributed by atoms with Crippen LogP contribution < -0.4 is 11.1 Å². The molecule has 0 saturated carbocycles. The van der Waals surface area contributed by atoms with Crippen LogP contribution in [0.3, 0.4) is 0 Å². The maximum atomic E-state index is 11.6. The van der Waals surface area contributed by atoms with Crippen LogP contribution in [0.2, 0.25) is 0 Å². The Morgan fingerprint density at radius 1 is 1.29 bits per heavy atom. The second-order valence-corrected chi connectivity index (χ2v) is 6.14. The average molecular weight is 321 g/mol. The molecular formula is C19H20N4O. The molecule has 0 aliphatic carbocycles. The van der Waals surface area contributed by atoms with Crippen molar-refractivity contribution in [2.75, 3.05) is 13.1 Å². The molecule has 3 aromatic rings. The smallest absolute Gasteiger partial charge is 0.250 e. The van der Waals surface area contributed by atoms with Gasteiger partial charge in [0.2, 0.25) is 0 Å². The first-order chi connectivity index (χ1) is 12.1. The quantitative estimate of drug-likeness (QED) is 0.779. The highest BCUT2D eigenvalue weighted by Gasteiger charge is 2.15. The van der Waals surface area contributed by atoms with Gasteiger partial charge in [-0.1, -0.05) is 24.3 Å². The number of hydrogen-bond donors (Lipinski definition) is 2. The van der Waals surface area contributed by atoms with E-state index in [1.807, 2.05) is 30.5 Å². The molecular weight excluding hydrogens is 300 g/mol. The number of carbonyl (C=O) groups excluding carboxylic acids is 1. The van der Waals surface area contributed by atoms with Crippen LogP contribution in [0.5, 0.6) is 0 Å². The van der Waals surface area contributed by atoms with Crippen LogP contribution in [-0.4, -0.2) is 28.8 Å². The zero-order valence-electron chi connectivity index (χ0n) is 14.3. The molecule has 1 amide bonds. The minimum atomic E-state index is -0.475. The number of hydrogen-bond acceptors (Lipinski definition) is 3. The van der Waals surface area contributed by atoms with E-state index in [0.29, 0.717) is 11.1 Å². The second kappa shape index (κ2) is 6.09. The highest BCUT2D eigenvalue weighted by atomic mass is 16.1. The molecule has 122 valence electrons. The van der Waals surface area contributed by atoms with Gasteiger partial charge in [0, 0.05) is 19.5 Å². The molecule has 0 radical (unpaired) electrons. The molecule has 5 heteroatoms. The van der Waals surface area contributed by atoms with E-state index in [-0.39, 0.29) is 12.4 Å². The topological polar surface area (TPSA) is 72.9 Å². The predicted octanol–water partition coefficient (Wildman–Crippen LogP) is 2.59. The Morgan fingerprint density at radius 2 is 2.12 bits per heavy atom. The number of fused-ring (bicyclic) bond motifs is 1. The van der Waals surface area contributed by atoms with Crippen molar-refractivity contribution in [3.63, 3.8) is 0 Å². The number of piperidine rings is 1. The van der Waals surface area contributed by atoms with E-state index in [9.17, 15) is 4.79 Å². The number of benzene rings is 2. The zero-order valence-corrected chi connectivity index (χ0v) is 13.3. The van der Waals surface area contributed by atoms with Crippen LogP contribution in [0.15, 0.2) is 48.7 Å². The van der Waals surface area contributed by atoms with E-state index in [0.717, 1.165) is 30.5 Å². The maximum Gasteiger partial charge on any atom is 0.250 e. The van der Waals surface area contributed by atoms with Gasteiger partial charge in [-0.2, -0.15) is 5.10 Å². The van der Waals surface area contributed by atoms with Crippen molar-refractivity contribution in [1.82, 2.24) is 15.1 Å². The Kier molecular flexibility index (Phi) is 3.49. The molecule has 1 aromatic heterocycles. The SMILES string of the molecule is [2H]C1NCCC[C@H]1c1ccc(-n2cc3cccc(C(N)=O)c3n2)cc1. The number of nitrogens with two attached hydrogens (primary N) is 1. The van der Waals surface area contributed by atoms with Crippen molar-refractivity contribution in [3.05, 3.63) is 59.8 Å². The lowest BCUT2D eigenvalue weighted by Crippen LogP contribution is -2.28. The first-order valence-corrected chi connectivity index (χ1v) is 8.17. The highest BCUT2D eigenvalue weighted by molar-refractivity contribution is 6.04. The Bertz CT molecular complexity index is 919. The summed E-state index contributed by atoms with van der Waals surface area (Å²) < 4.78 is 9.91. The summed E-state index contributed by atoms with van der Waals surface area (Å²) >= 11 is 0. The summed E-state index contributed by atoms with van der Waals surface area (Å²) in [4.78, 5) is 11.6. The Morgan fingerprint density at radius 3 is 2.88 bits per heavy atom. The Hall–Kier alpha value is -2.66. The molecule has 4 rings (SSSR count). The van der Waals surface area contributed by atoms with Crippen LogP contribution in [0, 0.1) is 0 Å². The third kappa shape index (κ3) is 2.67. The molecule has 5 nitrogen and oxygen atoms in total. The number of nitrogens with one attached hydrogen (secondary N) is 1. The van der Waals surface area contributed by atoms with Gasteiger partial charge in [0.1, 0.15) is 5.52 Å². The van der Waals surface area contributed by atoms with Crippen molar-refractivity contribution < 1.29 is 6.17 Å². The van der Waals surface area contributed by atoms with Crippen molar-refractivity contribution in [2.24, 2.45) is 5.73 Å². The average Bonchev–Trinajstić information content (AvgIpc) is 3.06. The fraction of sp³-hybridized carbons (Fsp3) is 0.263. The van der Waals surface area contributed by atoms with E-state index in [1.165, 1.54) is 5.56 Å². The number of primary amides is 1. The summed E-state index contributed by atoms with van der Waals surface area (Å²) in [6.45, 7) is 0.676. The largest absolute Gasteiger partial charge is 0.366 e. The normalized spacial score (nSPS) is 21.6. The van der Waals surface area contributed by atoms with Crippen LogP contribution in [0.1, 0.15) is 36.1 Å². The third-order valence-electron chi connectivity index (χ3n) is 4.54. The summed E-state index contributed by atoms with van der Waals surface area (Å²) in [6, 6.07) is 13.6. The lowest BCUT2D eigenvalue weighted by atomic mass is 9.92. The summed E-state index contributed by atoms with van der Waals surface area (Å²) in [7, 11) is 0. The van der Waals surface area contributed by atoms with Gasteiger partial charge >= 0.3 is 0 Å². The second-order valence-electron chi connectivity index (χ2n) is 6.14. The van der Waals surface area contributed by atoms with Crippen LogP contribution in [0.25, 0.3) is 16.6 Å². The molecule has 1 saturated heterocycles. The van der Waals surface area contributed by atoms with Crippen LogP contribution >= 0.6 is 0 Å². The summed E-state index contributed by atoms with van der Waals surface area (Å²) in [6.07, 6.45) is 4.03. The standard InChI is InChI=1S/C19H20N4O/c20-19(24)17-5-1-3-15-12-23(22-18(15)17)16-8-6-13(7-9-16)14-4-2-10-21-11-14/h1,3,5-9,12,14,21H,2,4,10-11H2,(H2,20,24)/t14-/m1/s1/i11D/t11?,14-. The van der Waals surface area contributed by atoms with Crippen molar-refractivity contribution >= 4 is 16.8 Å². The monoisotopic (exact) mass is 321 g/mol. The van der Waals surface area contributed by atoms with Crippen LogP contribution in [0.4, 0.5) is 0 Å². The first kappa shape index (κ1) is 13.7. The van der Waals surface area contributed by atoms with Crippen molar-refractivity contribution in [2.45, 2.75) is 18.8 Å². The molecule has 3 N–H and O–H groups in total. The predicted molar refractivity (Wildman–Crippen MR) is 94.4 cm³/mol. The molecule has 1 aliphatic rings. The van der Waals surface area contributed by atoms with E-state index >= 15 is 0 Å². The molecule has 0 bridgehead atoms. The number of nitrogens with zero attached hydrogens (tertiary/aromatic N) is 2. The molecule has 2 aromatic carbocycles. The minimum absolute atomic E-state index is 0.223. The maximum absolute atomic E-state index is 11.6. The van der Waals surface area contributed by atoms with Gasteiger partial charge in [0.25, 0.3) is 5.91 Å². The lowest BCUT2D eigenvalue weighted by Gasteiger charge is -2.23. The van der Waals surface area contributed by atoms with E-state index in [2.05, 4.69) is 22.5 Å². The van der Waals surface area contributed by atoms with Crippen LogP contribution in [-0.2, 0) is 0 Å². The zero-order chi connectivity index (χ0) is 17.4. The third-order valence-corrected chi connectivity index (χ3v) is 4.54. The minimum Gasteiger partial charge on any atom is -0.366 e. The summed E-state index contributed by atoms with van der Waals surface area (Å²) in [5.74, 6) is -0.251. The van der Waals surface area contributed by atoms with Gasteiger partial charge in [-0.15, -0.1) is 0 Å². The van der Waals surface area contributed by atoms with Crippen molar-refractivity contribution in [3.8, 4) is 5.69 Å². The Balaban J connectivity index is 1.67.